The Labute approximate surface area is 116 Å². The van der Waals surface area contributed by atoms with Crippen molar-refractivity contribution >= 4 is 5.97 Å². The molecule has 3 nitrogen and oxygen atoms in total. The molecule has 0 amide bonds. The van der Waals surface area contributed by atoms with Gasteiger partial charge in [-0.25, -0.2) is 4.79 Å². The quantitative estimate of drug-likeness (QED) is 0.504. The third-order valence-corrected chi connectivity index (χ3v) is 2.15. The van der Waals surface area contributed by atoms with E-state index in [2.05, 4.69) is 46.5 Å². The molecule has 4 heteroatoms. The summed E-state index contributed by atoms with van der Waals surface area (Å²) in [4.78, 5) is 11.2. The second kappa shape index (κ2) is 7.17. The first-order valence-electron chi connectivity index (χ1n) is 5.73. The molecular formula is C13H26BrNO2. The molecule has 0 aromatic rings. The maximum absolute atomic E-state index is 11.2. The highest BCUT2D eigenvalue weighted by atomic mass is 79.9. The Bertz CT molecular complexity index is 267. The predicted molar refractivity (Wildman–Crippen MR) is 66.1 cm³/mol. The molecule has 0 aromatic carbocycles. The number of nitrogens with two attached hydrogens (primary N) is 1. The molecule has 0 saturated carbocycles. The van der Waals surface area contributed by atoms with E-state index >= 15 is 0 Å². The second-order valence-electron chi connectivity index (χ2n) is 6.17. The van der Waals surface area contributed by atoms with Crippen LogP contribution in [-0.2, 0) is 9.53 Å². The molecule has 0 rings (SSSR count). The Morgan fingerprint density at radius 3 is 2.06 bits per heavy atom. The molecule has 0 radical (unpaired) electrons. The lowest BCUT2D eigenvalue weighted by molar-refractivity contribution is -0.776. The van der Waals surface area contributed by atoms with Crippen LogP contribution in [0.4, 0.5) is 0 Å². The lowest BCUT2D eigenvalue weighted by Crippen LogP contribution is -3.03. The molecule has 102 valence electrons. The molecule has 0 bridgehead atoms. The summed E-state index contributed by atoms with van der Waals surface area (Å²) in [7, 11) is 0. The topological polar surface area (TPSA) is 42.9 Å². The van der Waals surface area contributed by atoms with Crippen molar-refractivity contribution in [3.63, 3.8) is 0 Å². The lowest BCUT2D eigenvalue weighted by atomic mass is 9.96. The van der Waals surface area contributed by atoms with Gasteiger partial charge in [-0.05, 0) is 41.5 Å². The largest absolute Gasteiger partial charge is 1.00 e. The van der Waals surface area contributed by atoms with E-state index in [0.29, 0.717) is 12.2 Å². The first kappa shape index (κ1) is 19.0. The first-order valence-corrected chi connectivity index (χ1v) is 5.73. The number of esters is 1. The minimum atomic E-state index is -0.299. The number of hydrogen-bond donors (Lipinski definition) is 1. The van der Waals surface area contributed by atoms with E-state index in [1.165, 1.54) is 0 Å². The Morgan fingerprint density at radius 2 is 1.71 bits per heavy atom. The molecule has 0 aliphatic carbocycles. The van der Waals surface area contributed by atoms with Gasteiger partial charge in [0.1, 0.15) is 0 Å². The van der Waals surface area contributed by atoms with E-state index in [9.17, 15) is 4.79 Å². The van der Waals surface area contributed by atoms with Gasteiger partial charge < -0.3 is 27.0 Å². The van der Waals surface area contributed by atoms with Crippen LogP contribution in [0.15, 0.2) is 12.2 Å². The molecule has 0 spiro atoms. The Balaban J connectivity index is 0. The van der Waals surface area contributed by atoms with Crippen LogP contribution in [0.25, 0.3) is 0 Å². The summed E-state index contributed by atoms with van der Waals surface area (Å²) < 4.78 is 5.10. The average molecular weight is 308 g/mol. The SMILES string of the molecule is C=C(C)C(=O)OCCC(C)(C)[NH2+]C(C)(C)C.[Br-]. The van der Waals surface area contributed by atoms with Crippen molar-refractivity contribution < 1.29 is 31.8 Å². The summed E-state index contributed by atoms with van der Waals surface area (Å²) in [6.45, 7) is 16.5. The van der Waals surface area contributed by atoms with Crippen molar-refractivity contribution in [1.29, 1.82) is 0 Å². The summed E-state index contributed by atoms with van der Waals surface area (Å²) in [5.41, 5.74) is 0.716. The first-order chi connectivity index (χ1) is 7.03. The number of rotatable bonds is 5. The van der Waals surface area contributed by atoms with E-state index in [1.807, 2.05) is 0 Å². The molecular weight excluding hydrogens is 282 g/mol. The highest BCUT2D eigenvalue weighted by molar-refractivity contribution is 5.86. The van der Waals surface area contributed by atoms with Gasteiger partial charge in [0.2, 0.25) is 0 Å². The van der Waals surface area contributed by atoms with Crippen molar-refractivity contribution in [2.75, 3.05) is 6.61 Å². The van der Waals surface area contributed by atoms with Crippen LogP contribution in [0, 0.1) is 0 Å². The third-order valence-electron chi connectivity index (χ3n) is 2.15. The van der Waals surface area contributed by atoms with Crippen LogP contribution in [0.5, 0.6) is 0 Å². The molecule has 0 saturated heterocycles. The molecule has 0 fully saturated rings. The molecule has 0 aliphatic rings. The fraction of sp³-hybridized carbons (Fsp3) is 0.769. The maximum atomic E-state index is 11.2. The van der Waals surface area contributed by atoms with Gasteiger partial charge in [-0.2, -0.15) is 0 Å². The van der Waals surface area contributed by atoms with Gasteiger partial charge in [-0.1, -0.05) is 6.58 Å². The van der Waals surface area contributed by atoms with Gasteiger partial charge in [0.25, 0.3) is 0 Å². The van der Waals surface area contributed by atoms with Crippen LogP contribution >= 0.6 is 0 Å². The zero-order valence-electron chi connectivity index (χ0n) is 11.9. The van der Waals surface area contributed by atoms with E-state index in [1.54, 1.807) is 6.92 Å². The predicted octanol–water partition coefficient (Wildman–Crippen LogP) is -1.36. The molecule has 0 aliphatic heterocycles. The number of carbonyl (C=O) groups excluding carboxylic acids is 1. The van der Waals surface area contributed by atoms with E-state index in [-0.39, 0.29) is 34.0 Å². The van der Waals surface area contributed by atoms with Gasteiger partial charge in [-0.15, -0.1) is 0 Å². The van der Waals surface area contributed by atoms with Crippen LogP contribution < -0.4 is 22.3 Å². The molecule has 0 atom stereocenters. The van der Waals surface area contributed by atoms with Gasteiger partial charge in [0.05, 0.1) is 17.7 Å². The third kappa shape index (κ3) is 10.5. The standard InChI is InChI=1S/C13H25NO2.BrH/c1-10(2)11(15)16-9-8-13(6,7)14-12(3,4)5;/h14H,1,8-9H2,2-7H3;1H. The van der Waals surface area contributed by atoms with E-state index in [0.717, 1.165) is 6.42 Å². The number of quaternary nitrogens is 1. The summed E-state index contributed by atoms with van der Waals surface area (Å²) in [6.07, 6.45) is 0.837. The minimum absolute atomic E-state index is 0. The molecule has 17 heavy (non-hydrogen) atoms. The molecule has 0 heterocycles. The Morgan fingerprint density at radius 1 is 1.24 bits per heavy atom. The Kier molecular flexibility index (Phi) is 8.01. The molecule has 0 aromatic heterocycles. The smallest absolute Gasteiger partial charge is 0.333 e. The van der Waals surface area contributed by atoms with Crippen LogP contribution in [0.2, 0.25) is 0 Å². The van der Waals surface area contributed by atoms with Crippen molar-refractivity contribution in [1.82, 2.24) is 0 Å². The normalized spacial score (nSPS) is 11.6. The van der Waals surface area contributed by atoms with Crippen molar-refractivity contribution in [3.8, 4) is 0 Å². The zero-order chi connectivity index (χ0) is 13.0. The monoisotopic (exact) mass is 307 g/mol. The van der Waals surface area contributed by atoms with Gasteiger partial charge >= 0.3 is 5.97 Å². The number of halogens is 1. The zero-order valence-corrected chi connectivity index (χ0v) is 13.5. The van der Waals surface area contributed by atoms with Crippen LogP contribution in [-0.4, -0.2) is 23.7 Å². The number of hydrogen-bond acceptors (Lipinski definition) is 2. The van der Waals surface area contributed by atoms with E-state index in [4.69, 9.17) is 4.74 Å². The second-order valence-corrected chi connectivity index (χ2v) is 6.17. The summed E-state index contributed by atoms with van der Waals surface area (Å²) in [6, 6.07) is 0. The highest BCUT2D eigenvalue weighted by Gasteiger charge is 2.28. The maximum Gasteiger partial charge on any atom is 0.333 e. The number of carbonyl (C=O) groups is 1. The Hall–Kier alpha value is -0.350. The molecule has 2 N–H and O–H groups in total. The summed E-state index contributed by atoms with van der Waals surface area (Å²) in [5.74, 6) is -0.299. The van der Waals surface area contributed by atoms with Gasteiger partial charge in [-0.3, -0.25) is 0 Å². The molecule has 0 unspecified atom stereocenters. The van der Waals surface area contributed by atoms with Crippen LogP contribution in [0.3, 0.4) is 0 Å². The fourth-order valence-electron chi connectivity index (χ4n) is 1.77. The van der Waals surface area contributed by atoms with Gasteiger partial charge in [0, 0.05) is 12.0 Å². The van der Waals surface area contributed by atoms with Crippen LogP contribution in [0.1, 0.15) is 48.0 Å². The summed E-state index contributed by atoms with van der Waals surface area (Å²) >= 11 is 0. The summed E-state index contributed by atoms with van der Waals surface area (Å²) in [5, 5.41) is 2.30. The average Bonchev–Trinajstić information content (AvgIpc) is 1.98. The van der Waals surface area contributed by atoms with Gasteiger partial charge in [0.15, 0.2) is 0 Å². The van der Waals surface area contributed by atoms with Crippen molar-refractivity contribution in [2.24, 2.45) is 0 Å². The van der Waals surface area contributed by atoms with Crippen molar-refractivity contribution in [3.05, 3.63) is 12.2 Å². The lowest BCUT2D eigenvalue weighted by Gasteiger charge is -2.31. The number of ether oxygens (including phenoxy) is 1. The van der Waals surface area contributed by atoms with Crippen molar-refractivity contribution in [2.45, 2.75) is 59.0 Å². The fourth-order valence-corrected chi connectivity index (χ4v) is 1.77. The van der Waals surface area contributed by atoms with E-state index < -0.39 is 0 Å². The minimum Gasteiger partial charge on any atom is -1.00 e. The highest BCUT2D eigenvalue weighted by Crippen LogP contribution is 2.06.